The molecule has 0 bridgehead atoms. The summed E-state index contributed by atoms with van der Waals surface area (Å²) in [4.78, 5) is 11.9. The van der Waals surface area contributed by atoms with Crippen LogP contribution in [0.3, 0.4) is 0 Å². The summed E-state index contributed by atoms with van der Waals surface area (Å²) >= 11 is 1.46. The highest BCUT2D eigenvalue weighted by molar-refractivity contribution is 7.99. The van der Waals surface area contributed by atoms with Gasteiger partial charge in [0.2, 0.25) is 0 Å². The molecule has 0 saturated heterocycles. The number of carbonyl (C=O) groups is 1. The van der Waals surface area contributed by atoms with E-state index in [0.29, 0.717) is 11.3 Å². The van der Waals surface area contributed by atoms with E-state index in [4.69, 9.17) is 5.11 Å². The highest BCUT2D eigenvalue weighted by Gasteiger charge is 2.09. The van der Waals surface area contributed by atoms with E-state index in [2.05, 4.69) is 5.10 Å². The molecule has 0 amide bonds. The summed E-state index contributed by atoms with van der Waals surface area (Å²) in [5, 5.41) is 14.4. The lowest BCUT2D eigenvalue weighted by Gasteiger charge is -2.02. The van der Waals surface area contributed by atoms with Gasteiger partial charge in [-0.1, -0.05) is 11.8 Å². The molecule has 1 aromatic heterocycles. The molecule has 0 radical (unpaired) electrons. The molecule has 0 atom stereocenters. The first-order valence-corrected chi connectivity index (χ1v) is 6.50. The topological polar surface area (TPSA) is 55.1 Å². The number of phenolic OH excluding ortho intramolecular Hbond substituents is 1. The van der Waals surface area contributed by atoms with Gasteiger partial charge in [0.15, 0.2) is 5.78 Å². The number of aromatic hydroxyl groups is 1. The van der Waals surface area contributed by atoms with E-state index in [1.165, 1.54) is 23.9 Å². The summed E-state index contributed by atoms with van der Waals surface area (Å²) in [5.74, 6) is 0.573. The molecule has 0 fully saturated rings. The van der Waals surface area contributed by atoms with Crippen molar-refractivity contribution in [2.75, 3.05) is 5.75 Å². The normalized spacial score (nSPS) is 10.6. The quantitative estimate of drug-likeness (QED) is 0.679. The van der Waals surface area contributed by atoms with Gasteiger partial charge in [-0.3, -0.25) is 9.48 Å². The second-order valence-electron chi connectivity index (χ2n) is 4.01. The summed E-state index contributed by atoms with van der Waals surface area (Å²) in [7, 11) is 1.86. The van der Waals surface area contributed by atoms with Crippen molar-refractivity contribution in [1.29, 1.82) is 0 Å². The second kappa shape index (κ2) is 5.27. The van der Waals surface area contributed by atoms with E-state index in [1.54, 1.807) is 16.8 Å². The summed E-state index contributed by atoms with van der Waals surface area (Å²) in [5.41, 5.74) is 1.55. The lowest BCUT2D eigenvalue weighted by molar-refractivity contribution is 0.102. The Kier molecular flexibility index (Phi) is 3.72. The number of hydrogen-bond donors (Lipinski definition) is 1. The van der Waals surface area contributed by atoms with Gasteiger partial charge in [0.25, 0.3) is 0 Å². The molecule has 0 spiro atoms. The van der Waals surface area contributed by atoms with Crippen molar-refractivity contribution in [3.05, 3.63) is 41.6 Å². The third-order valence-corrected chi connectivity index (χ3v) is 3.58. The Balaban J connectivity index is 2.00. The van der Waals surface area contributed by atoms with E-state index in [0.717, 1.165) is 10.7 Å². The maximum atomic E-state index is 11.9. The van der Waals surface area contributed by atoms with Gasteiger partial charge in [-0.25, -0.2) is 0 Å². The number of rotatable bonds is 4. The lowest BCUT2D eigenvalue weighted by Crippen LogP contribution is -2.03. The number of phenols is 1. The zero-order valence-corrected chi connectivity index (χ0v) is 11.1. The molecular formula is C13H14N2O2S. The number of aryl methyl sites for hydroxylation is 2. The fraction of sp³-hybridized carbons (Fsp3) is 0.231. The van der Waals surface area contributed by atoms with E-state index in [9.17, 15) is 4.79 Å². The Bertz CT molecular complexity index is 561. The van der Waals surface area contributed by atoms with Crippen LogP contribution in [0.25, 0.3) is 0 Å². The third kappa shape index (κ3) is 2.92. The number of ketones is 1. The van der Waals surface area contributed by atoms with Crippen molar-refractivity contribution in [2.45, 2.75) is 11.9 Å². The van der Waals surface area contributed by atoms with Crippen molar-refractivity contribution >= 4 is 17.5 Å². The van der Waals surface area contributed by atoms with Crippen LogP contribution in [0.5, 0.6) is 5.75 Å². The Labute approximate surface area is 110 Å². The van der Waals surface area contributed by atoms with Gasteiger partial charge in [0.05, 0.1) is 16.5 Å². The van der Waals surface area contributed by atoms with Crippen LogP contribution in [0.15, 0.2) is 35.4 Å². The number of nitrogens with zero attached hydrogens (tertiary/aromatic N) is 2. The highest BCUT2D eigenvalue weighted by atomic mass is 32.2. The summed E-state index contributed by atoms with van der Waals surface area (Å²) in [6.07, 6.45) is 0. The Morgan fingerprint density at radius 1 is 1.39 bits per heavy atom. The van der Waals surface area contributed by atoms with Crippen LogP contribution in [0.2, 0.25) is 0 Å². The first-order valence-electron chi connectivity index (χ1n) is 5.52. The van der Waals surface area contributed by atoms with Crippen LogP contribution in [0, 0.1) is 6.92 Å². The molecule has 1 aromatic carbocycles. The second-order valence-corrected chi connectivity index (χ2v) is 5.00. The minimum atomic E-state index is 0.0406. The third-order valence-electron chi connectivity index (χ3n) is 2.50. The fourth-order valence-electron chi connectivity index (χ4n) is 1.59. The standard InChI is InChI=1S/C13H14N2O2S/c1-9-7-13(15(2)14-9)18-8-12(17)10-3-5-11(16)6-4-10/h3-7,16H,8H2,1-2H3. The van der Waals surface area contributed by atoms with Crippen molar-refractivity contribution < 1.29 is 9.90 Å². The molecule has 1 heterocycles. The number of benzene rings is 1. The summed E-state index contributed by atoms with van der Waals surface area (Å²) in [6.45, 7) is 1.92. The smallest absolute Gasteiger partial charge is 0.173 e. The maximum absolute atomic E-state index is 11.9. The molecule has 0 unspecified atom stereocenters. The van der Waals surface area contributed by atoms with Gasteiger partial charge < -0.3 is 5.11 Å². The molecule has 0 aliphatic carbocycles. The average molecular weight is 262 g/mol. The van der Waals surface area contributed by atoms with Crippen molar-refractivity contribution in [2.24, 2.45) is 7.05 Å². The molecule has 18 heavy (non-hydrogen) atoms. The molecule has 0 saturated carbocycles. The van der Waals surface area contributed by atoms with E-state index in [-0.39, 0.29) is 11.5 Å². The van der Waals surface area contributed by atoms with E-state index in [1.807, 2.05) is 20.0 Å². The highest BCUT2D eigenvalue weighted by Crippen LogP contribution is 2.20. The monoisotopic (exact) mass is 262 g/mol. The molecule has 0 aliphatic rings. The minimum Gasteiger partial charge on any atom is -0.508 e. The number of hydrogen-bond acceptors (Lipinski definition) is 4. The van der Waals surface area contributed by atoms with Crippen LogP contribution in [0.1, 0.15) is 16.1 Å². The molecule has 2 rings (SSSR count). The van der Waals surface area contributed by atoms with E-state index < -0.39 is 0 Å². The number of carbonyl (C=O) groups excluding carboxylic acids is 1. The molecule has 2 aromatic rings. The lowest BCUT2D eigenvalue weighted by atomic mass is 10.1. The summed E-state index contributed by atoms with van der Waals surface area (Å²) in [6, 6.07) is 8.26. The molecule has 94 valence electrons. The number of aromatic nitrogens is 2. The molecule has 0 aliphatic heterocycles. The number of Topliss-reactive ketones (excluding diaryl/α,β-unsaturated/α-hetero) is 1. The van der Waals surface area contributed by atoms with Crippen LogP contribution in [0.4, 0.5) is 0 Å². The predicted molar refractivity (Wildman–Crippen MR) is 71.1 cm³/mol. The minimum absolute atomic E-state index is 0.0406. The SMILES string of the molecule is Cc1cc(SCC(=O)c2ccc(O)cc2)n(C)n1. The average Bonchev–Trinajstić information content (AvgIpc) is 2.66. The molecule has 5 heteroatoms. The predicted octanol–water partition coefficient (Wildman–Crippen LogP) is 2.41. The number of thioether (sulfide) groups is 1. The Morgan fingerprint density at radius 3 is 2.61 bits per heavy atom. The largest absolute Gasteiger partial charge is 0.508 e. The van der Waals surface area contributed by atoms with Crippen molar-refractivity contribution in [3.63, 3.8) is 0 Å². The fourth-order valence-corrected chi connectivity index (χ4v) is 2.52. The zero-order valence-electron chi connectivity index (χ0n) is 10.3. The van der Waals surface area contributed by atoms with Crippen LogP contribution < -0.4 is 0 Å². The van der Waals surface area contributed by atoms with Gasteiger partial charge in [-0.2, -0.15) is 5.10 Å². The maximum Gasteiger partial charge on any atom is 0.173 e. The molecule has 4 nitrogen and oxygen atoms in total. The zero-order chi connectivity index (χ0) is 13.1. The Hall–Kier alpha value is -1.75. The molecule has 1 N–H and O–H groups in total. The van der Waals surface area contributed by atoms with E-state index >= 15 is 0 Å². The molecular weight excluding hydrogens is 248 g/mol. The van der Waals surface area contributed by atoms with Gasteiger partial charge in [-0.15, -0.1) is 0 Å². The van der Waals surface area contributed by atoms with Crippen LogP contribution in [-0.2, 0) is 7.05 Å². The van der Waals surface area contributed by atoms with Gasteiger partial charge in [0.1, 0.15) is 5.75 Å². The van der Waals surface area contributed by atoms with Gasteiger partial charge >= 0.3 is 0 Å². The van der Waals surface area contributed by atoms with Crippen LogP contribution in [-0.4, -0.2) is 26.4 Å². The first kappa shape index (κ1) is 12.7. The first-order chi connectivity index (χ1) is 8.56. The van der Waals surface area contributed by atoms with Gasteiger partial charge in [-0.05, 0) is 37.3 Å². The van der Waals surface area contributed by atoms with Gasteiger partial charge in [0, 0.05) is 12.6 Å². The Morgan fingerprint density at radius 2 is 2.06 bits per heavy atom. The van der Waals surface area contributed by atoms with Crippen LogP contribution >= 0.6 is 11.8 Å². The van der Waals surface area contributed by atoms with Crippen molar-refractivity contribution in [3.8, 4) is 5.75 Å². The summed E-state index contributed by atoms with van der Waals surface area (Å²) < 4.78 is 1.77. The van der Waals surface area contributed by atoms with Crippen molar-refractivity contribution in [1.82, 2.24) is 9.78 Å².